The van der Waals surface area contributed by atoms with E-state index in [4.69, 9.17) is 0 Å². The highest BCUT2D eigenvalue weighted by atomic mass is 16.1. The van der Waals surface area contributed by atoms with Gasteiger partial charge in [-0.05, 0) is 6.42 Å². The monoisotopic (exact) mass is 276 g/mol. The fourth-order valence-electron chi connectivity index (χ4n) is 2.37. The first-order valence-corrected chi connectivity index (χ1v) is 7.03. The van der Waals surface area contributed by atoms with Crippen molar-refractivity contribution >= 4 is 0 Å². The average Bonchev–Trinajstić information content (AvgIpc) is 2.56. The van der Waals surface area contributed by atoms with E-state index in [1.807, 2.05) is 67.6 Å². The fourth-order valence-corrected chi connectivity index (χ4v) is 2.37. The van der Waals surface area contributed by atoms with Crippen LogP contribution >= 0.6 is 0 Å². The molecule has 3 heteroatoms. The van der Waals surface area contributed by atoms with E-state index < -0.39 is 0 Å². The Bertz CT molecular complexity index is 792. The maximum absolute atomic E-state index is 12.3. The summed E-state index contributed by atoms with van der Waals surface area (Å²) < 4.78 is 0. The third-order valence-electron chi connectivity index (χ3n) is 3.44. The van der Waals surface area contributed by atoms with Crippen LogP contribution < -0.4 is 5.56 Å². The summed E-state index contributed by atoms with van der Waals surface area (Å²) in [7, 11) is 0. The molecule has 1 N–H and O–H groups in total. The Morgan fingerprint density at radius 1 is 0.857 bits per heavy atom. The number of aryl methyl sites for hydroxylation is 1. The topological polar surface area (TPSA) is 45.8 Å². The number of nitrogens with one attached hydrogen (secondary N) is 1. The minimum atomic E-state index is -0.141. The Morgan fingerprint density at radius 3 is 1.90 bits per heavy atom. The van der Waals surface area contributed by atoms with Crippen molar-refractivity contribution in [1.82, 2.24) is 9.97 Å². The third kappa shape index (κ3) is 2.63. The lowest BCUT2D eigenvalue weighted by molar-refractivity contribution is 0.983. The summed E-state index contributed by atoms with van der Waals surface area (Å²) in [5.74, 6) is 0. The van der Waals surface area contributed by atoms with E-state index in [0.717, 1.165) is 28.9 Å². The Hall–Kier alpha value is -2.68. The van der Waals surface area contributed by atoms with Crippen LogP contribution in [0.1, 0.15) is 12.6 Å². The molecule has 0 bridgehead atoms. The second-order valence-corrected chi connectivity index (χ2v) is 4.83. The van der Waals surface area contributed by atoms with E-state index in [0.29, 0.717) is 5.69 Å². The number of H-pyrrole nitrogens is 1. The molecule has 2 aromatic carbocycles. The molecule has 0 spiro atoms. The van der Waals surface area contributed by atoms with Gasteiger partial charge in [0.25, 0.3) is 5.56 Å². The predicted octanol–water partition coefficient (Wildman–Crippen LogP) is 3.67. The van der Waals surface area contributed by atoms with Gasteiger partial charge in [-0.3, -0.25) is 4.79 Å². The molecule has 1 heterocycles. The van der Waals surface area contributed by atoms with Crippen molar-refractivity contribution in [2.45, 2.75) is 13.3 Å². The second-order valence-electron chi connectivity index (χ2n) is 4.83. The van der Waals surface area contributed by atoms with Gasteiger partial charge in [0.1, 0.15) is 5.69 Å². The molecular formula is C18H16N2O. The number of nitrogens with zero attached hydrogens (tertiary/aromatic N) is 1. The van der Waals surface area contributed by atoms with E-state index in [1.54, 1.807) is 0 Å². The van der Waals surface area contributed by atoms with E-state index in [2.05, 4.69) is 9.97 Å². The van der Waals surface area contributed by atoms with Crippen molar-refractivity contribution in [1.29, 1.82) is 0 Å². The van der Waals surface area contributed by atoms with Gasteiger partial charge in [0.05, 0.1) is 5.69 Å². The number of hydrogen-bond donors (Lipinski definition) is 1. The summed E-state index contributed by atoms with van der Waals surface area (Å²) in [6.07, 6.45) is 0.738. The van der Waals surface area contributed by atoms with Gasteiger partial charge < -0.3 is 4.98 Å². The van der Waals surface area contributed by atoms with Gasteiger partial charge in [-0.2, -0.15) is 0 Å². The van der Waals surface area contributed by atoms with Crippen LogP contribution in [-0.2, 0) is 6.42 Å². The summed E-state index contributed by atoms with van der Waals surface area (Å²) in [6, 6.07) is 19.5. The highest BCUT2D eigenvalue weighted by molar-refractivity contribution is 5.66. The van der Waals surface area contributed by atoms with Crippen LogP contribution in [0.25, 0.3) is 22.5 Å². The highest BCUT2D eigenvalue weighted by Gasteiger charge is 2.12. The van der Waals surface area contributed by atoms with Crippen molar-refractivity contribution in [2.24, 2.45) is 0 Å². The number of hydrogen-bond acceptors (Lipinski definition) is 2. The quantitative estimate of drug-likeness (QED) is 0.793. The lowest BCUT2D eigenvalue weighted by Gasteiger charge is -2.09. The molecular weight excluding hydrogens is 260 g/mol. The first kappa shape index (κ1) is 13.3. The minimum Gasteiger partial charge on any atom is -0.322 e. The molecule has 3 aromatic rings. The van der Waals surface area contributed by atoms with Gasteiger partial charge >= 0.3 is 0 Å². The Balaban J connectivity index is 2.23. The molecule has 0 aliphatic rings. The first-order chi connectivity index (χ1) is 10.3. The number of benzene rings is 2. The van der Waals surface area contributed by atoms with Crippen molar-refractivity contribution < 1.29 is 0 Å². The van der Waals surface area contributed by atoms with Gasteiger partial charge in [-0.25, -0.2) is 4.98 Å². The molecule has 0 aliphatic carbocycles. The van der Waals surface area contributed by atoms with Crippen LogP contribution in [0.3, 0.4) is 0 Å². The van der Waals surface area contributed by atoms with Crippen molar-refractivity contribution in [3.05, 3.63) is 76.7 Å². The van der Waals surface area contributed by atoms with Gasteiger partial charge in [-0.1, -0.05) is 67.6 Å². The summed E-state index contributed by atoms with van der Waals surface area (Å²) in [5, 5.41) is 0. The molecule has 0 atom stereocenters. The zero-order valence-corrected chi connectivity index (χ0v) is 11.8. The minimum absolute atomic E-state index is 0.141. The summed E-state index contributed by atoms with van der Waals surface area (Å²) in [4.78, 5) is 19.9. The van der Waals surface area contributed by atoms with Gasteiger partial charge in [0.15, 0.2) is 0 Å². The van der Waals surface area contributed by atoms with Crippen LogP contribution in [0, 0.1) is 0 Å². The Morgan fingerprint density at radius 2 is 1.38 bits per heavy atom. The molecule has 0 radical (unpaired) electrons. The molecule has 0 fully saturated rings. The van der Waals surface area contributed by atoms with E-state index in [1.165, 1.54) is 0 Å². The summed E-state index contributed by atoms with van der Waals surface area (Å²) in [5.41, 5.74) is 3.88. The smallest absolute Gasteiger partial charge is 0.274 e. The van der Waals surface area contributed by atoms with Gasteiger partial charge in [0, 0.05) is 16.8 Å². The molecule has 0 unspecified atom stereocenters. The van der Waals surface area contributed by atoms with Crippen LogP contribution in [-0.4, -0.2) is 9.97 Å². The fraction of sp³-hybridized carbons (Fsp3) is 0.111. The number of rotatable bonds is 3. The number of aromatic amines is 1. The Labute approximate surface area is 123 Å². The van der Waals surface area contributed by atoms with Crippen LogP contribution in [0.2, 0.25) is 0 Å². The molecule has 3 rings (SSSR count). The van der Waals surface area contributed by atoms with Crippen LogP contribution in [0.15, 0.2) is 65.5 Å². The molecule has 0 aliphatic heterocycles. The Kier molecular flexibility index (Phi) is 3.65. The van der Waals surface area contributed by atoms with Crippen LogP contribution in [0.4, 0.5) is 0 Å². The van der Waals surface area contributed by atoms with E-state index in [-0.39, 0.29) is 5.56 Å². The normalized spacial score (nSPS) is 10.5. The molecule has 3 nitrogen and oxygen atoms in total. The van der Waals surface area contributed by atoms with Crippen molar-refractivity contribution in [2.75, 3.05) is 0 Å². The lowest BCUT2D eigenvalue weighted by Crippen LogP contribution is -2.15. The average molecular weight is 276 g/mol. The molecule has 21 heavy (non-hydrogen) atoms. The van der Waals surface area contributed by atoms with Gasteiger partial charge in [0.2, 0.25) is 0 Å². The molecule has 104 valence electrons. The predicted molar refractivity (Wildman–Crippen MR) is 85.1 cm³/mol. The van der Waals surface area contributed by atoms with E-state index >= 15 is 0 Å². The number of aromatic nitrogens is 2. The van der Waals surface area contributed by atoms with E-state index in [9.17, 15) is 4.79 Å². The first-order valence-electron chi connectivity index (χ1n) is 7.03. The molecule has 0 saturated carbocycles. The lowest BCUT2D eigenvalue weighted by atomic mass is 10.1. The maximum atomic E-state index is 12.3. The third-order valence-corrected chi connectivity index (χ3v) is 3.44. The largest absolute Gasteiger partial charge is 0.322 e. The zero-order chi connectivity index (χ0) is 14.7. The molecule has 0 amide bonds. The van der Waals surface area contributed by atoms with Crippen LogP contribution in [0.5, 0.6) is 0 Å². The van der Waals surface area contributed by atoms with Crippen molar-refractivity contribution in [3.63, 3.8) is 0 Å². The SMILES string of the molecule is CCc1[nH]c(=O)c(-c2ccccc2)nc1-c1ccccc1. The highest BCUT2D eigenvalue weighted by Crippen LogP contribution is 2.22. The standard InChI is InChI=1S/C18H16N2O/c1-2-15-16(13-9-5-3-6-10-13)20-17(18(21)19-15)14-11-7-4-8-12-14/h3-12H,2H2,1H3,(H,19,21). The summed E-state index contributed by atoms with van der Waals surface area (Å²) in [6.45, 7) is 2.02. The zero-order valence-electron chi connectivity index (χ0n) is 11.8. The second kappa shape index (κ2) is 5.75. The maximum Gasteiger partial charge on any atom is 0.274 e. The molecule has 1 aromatic heterocycles. The molecule has 0 saturated heterocycles. The van der Waals surface area contributed by atoms with Gasteiger partial charge in [-0.15, -0.1) is 0 Å². The van der Waals surface area contributed by atoms with Crippen molar-refractivity contribution in [3.8, 4) is 22.5 Å². The summed E-state index contributed by atoms with van der Waals surface area (Å²) >= 11 is 0.